The predicted molar refractivity (Wildman–Crippen MR) is 69.0 cm³/mol. The fraction of sp³-hybridized carbons (Fsp3) is 0.385. The number of hydrogen-bond donors (Lipinski definition) is 0. The number of methoxy groups -OCH3 is 1. The number of rotatable bonds is 2. The smallest absolute Gasteiger partial charge is 0.337 e. The van der Waals surface area contributed by atoms with E-state index in [-0.39, 0.29) is 5.91 Å². The quantitative estimate of drug-likeness (QED) is 0.774. The number of halogens is 1. The maximum Gasteiger partial charge on any atom is 0.337 e. The number of anilines is 1. The number of amides is 1. The molecule has 1 amide bonds. The Hall–Kier alpha value is -1.55. The van der Waals surface area contributed by atoms with Gasteiger partial charge in [0.1, 0.15) is 0 Å². The van der Waals surface area contributed by atoms with Crippen molar-refractivity contribution in [3.63, 3.8) is 0 Å². The van der Waals surface area contributed by atoms with Gasteiger partial charge in [-0.25, -0.2) is 4.79 Å². The van der Waals surface area contributed by atoms with Crippen LogP contribution < -0.4 is 4.90 Å². The van der Waals surface area contributed by atoms with Gasteiger partial charge in [-0.3, -0.25) is 4.79 Å². The lowest BCUT2D eigenvalue weighted by Crippen LogP contribution is -2.35. The summed E-state index contributed by atoms with van der Waals surface area (Å²) in [6, 6.07) is 4.84. The maximum atomic E-state index is 11.8. The molecule has 0 bridgehead atoms. The molecule has 0 radical (unpaired) electrons. The first kappa shape index (κ1) is 12.9. The lowest BCUT2D eigenvalue weighted by atomic mass is 10.1. The normalized spacial score (nSPS) is 15.7. The van der Waals surface area contributed by atoms with Gasteiger partial charge in [-0.05, 0) is 31.0 Å². The molecule has 1 saturated heterocycles. The van der Waals surface area contributed by atoms with Crippen LogP contribution in [0.1, 0.15) is 29.6 Å². The molecule has 0 spiro atoms. The molecule has 1 aliphatic heterocycles. The van der Waals surface area contributed by atoms with Crippen LogP contribution in [0, 0.1) is 0 Å². The lowest BCUT2D eigenvalue weighted by molar-refractivity contribution is -0.119. The van der Waals surface area contributed by atoms with E-state index in [1.54, 1.807) is 17.0 Å². The molecule has 0 N–H and O–H groups in total. The van der Waals surface area contributed by atoms with Gasteiger partial charge < -0.3 is 9.64 Å². The molecule has 0 atom stereocenters. The number of ether oxygens (including phenoxy) is 1. The first-order valence-corrected chi connectivity index (χ1v) is 6.19. The van der Waals surface area contributed by atoms with Crippen LogP contribution in [0.4, 0.5) is 5.69 Å². The number of carbonyl (C=O) groups is 2. The summed E-state index contributed by atoms with van der Waals surface area (Å²) in [5, 5.41) is 0.396. The van der Waals surface area contributed by atoms with Gasteiger partial charge in [0.05, 0.1) is 23.4 Å². The minimum absolute atomic E-state index is 0.0777. The Morgan fingerprint density at radius 3 is 2.78 bits per heavy atom. The lowest BCUT2D eigenvalue weighted by Gasteiger charge is -2.27. The van der Waals surface area contributed by atoms with Gasteiger partial charge in [-0.15, -0.1) is 0 Å². The van der Waals surface area contributed by atoms with E-state index in [0.717, 1.165) is 12.8 Å². The van der Waals surface area contributed by atoms with E-state index >= 15 is 0 Å². The van der Waals surface area contributed by atoms with E-state index in [0.29, 0.717) is 29.2 Å². The number of hydrogen-bond acceptors (Lipinski definition) is 3. The molecule has 18 heavy (non-hydrogen) atoms. The molecule has 1 fully saturated rings. The van der Waals surface area contributed by atoms with Crippen molar-refractivity contribution in [2.24, 2.45) is 0 Å². The van der Waals surface area contributed by atoms with Crippen LogP contribution >= 0.6 is 11.6 Å². The highest BCUT2D eigenvalue weighted by Gasteiger charge is 2.22. The zero-order valence-electron chi connectivity index (χ0n) is 10.1. The largest absolute Gasteiger partial charge is 0.465 e. The predicted octanol–water partition coefficient (Wildman–Crippen LogP) is 2.64. The van der Waals surface area contributed by atoms with Gasteiger partial charge in [0.2, 0.25) is 5.91 Å². The van der Waals surface area contributed by atoms with Gasteiger partial charge in [0, 0.05) is 13.0 Å². The summed E-state index contributed by atoms with van der Waals surface area (Å²) in [4.78, 5) is 24.8. The van der Waals surface area contributed by atoms with Gasteiger partial charge in [0.15, 0.2) is 0 Å². The van der Waals surface area contributed by atoms with E-state index in [2.05, 4.69) is 4.74 Å². The van der Waals surface area contributed by atoms with E-state index in [1.807, 2.05) is 0 Å². The topological polar surface area (TPSA) is 46.6 Å². The number of nitrogens with zero attached hydrogens (tertiary/aromatic N) is 1. The van der Waals surface area contributed by atoms with Crippen molar-refractivity contribution < 1.29 is 14.3 Å². The number of piperidine rings is 1. The highest BCUT2D eigenvalue weighted by Crippen LogP contribution is 2.29. The molecular weight excluding hydrogens is 254 g/mol. The molecular formula is C13H14ClNO3. The summed E-state index contributed by atoms with van der Waals surface area (Å²) < 4.78 is 4.62. The van der Waals surface area contributed by atoms with Crippen LogP contribution in [0.15, 0.2) is 18.2 Å². The molecule has 0 aromatic heterocycles. The summed E-state index contributed by atoms with van der Waals surface area (Å²) in [7, 11) is 1.32. The molecule has 4 nitrogen and oxygen atoms in total. The zero-order chi connectivity index (χ0) is 13.1. The van der Waals surface area contributed by atoms with E-state index < -0.39 is 5.97 Å². The second-order valence-corrected chi connectivity index (χ2v) is 4.57. The van der Waals surface area contributed by atoms with E-state index in [1.165, 1.54) is 13.2 Å². The summed E-state index contributed by atoms with van der Waals surface area (Å²) in [5.41, 5.74) is 1.05. The fourth-order valence-corrected chi connectivity index (χ4v) is 2.31. The summed E-state index contributed by atoms with van der Waals surface area (Å²) in [6.07, 6.45) is 2.45. The molecule has 1 aliphatic rings. The van der Waals surface area contributed by atoms with Crippen LogP contribution in [-0.4, -0.2) is 25.5 Å². The van der Waals surface area contributed by atoms with Crippen molar-refractivity contribution in [1.29, 1.82) is 0 Å². The minimum Gasteiger partial charge on any atom is -0.465 e. The summed E-state index contributed by atoms with van der Waals surface area (Å²) in [5.74, 6) is -0.359. The van der Waals surface area contributed by atoms with Crippen molar-refractivity contribution in [2.45, 2.75) is 19.3 Å². The second kappa shape index (κ2) is 5.40. The number of carbonyl (C=O) groups excluding carboxylic acids is 2. The first-order valence-electron chi connectivity index (χ1n) is 5.81. The van der Waals surface area contributed by atoms with Crippen molar-refractivity contribution >= 4 is 29.2 Å². The van der Waals surface area contributed by atoms with Crippen molar-refractivity contribution in [1.82, 2.24) is 0 Å². The van der Waals surface area contributed by atoms with E-state index in [9.17, 15) is 9.59 Å². The SMILES string of the molecule is COC(=O)c1ccc(N2CCCCC2=O)c(Cl)c1. The Labute approximate surface area is 110 Å². The van der Waals surface area contributed by atoms with Crippen LogP contribution in [0.5, 0.6) is 0 Å². The van der Waals surface area contributed by atoms with E-state index in [4.69, 9.17) is 11.6 Å². The second-order valence-electron chi connectivity index (χ2n) is 4.16. The maximum absolute atomic E-state index is 11.8. The van der Waals surface area contributed by atoms with Crippen LogP contribution in [-0.2, 0) is 9.53 Å². The molecule has 2 rings (SSSR count). The highest BCUT2D eigenvalue weighted by molar-refractivity contribution is 6.34. The monoisotopic (exact) mass is 267 g/mol. The van der Waals surface area contributed by atoms with Crippen molar-refractivity contribution in [3.05, 3.63) is 28.8 Å². The molecule has 0 unspecified atom stereocenters. The molecule has 0 aliphatic carbocycles. The van der Waals surface area contributed by atoms with Gasteiger partial charge in [-0.2, -0.15) is 0 Å². The van der Waals surface area contributed by atoms with Crippen LogP contribution in [0.2, 0.25) is 5.02 Å². The van der Waals surface area contributed by atoms with Crippen LogP contribution in [0.3, 0.4) is 0 Å². The zero-order valence-corrected chi connectivity index (χ0v) is 10.9. The number of esters is 1. The fourth-order valence-electron chi connectivity index (χ4n) is 2.03. The van der Waals surface area contributed by atoms with Gasteiger partial charge in [0.25, 0.3) is 0 Å². The van der Waals surface area contributed by atoms with Gasteiger partial charge in [-0.1, -0.05) is 11.6 Å². The third-order valence-corrected chi connectivity index (χ3v) is 3.29. The summed E-state index contributed by atoms with van der Waals surface area (Å²) >= 11 is 6.13. The van der Waals surface area contributed by atoms with Crippen LogP contribution in [0.25, 0.3) is 0 Å². The Balaban J connectivity index is 2.29. The van der Waals surface area contributed by atoms with Crippen molar-refractivity contribution in [3.8, 4) is 0 Å². The summed E-state index contributed by atoms with van der Waals surface area (Å²) in [6.45, 7) is 0.677. The standard InChI is InChI=1S/C13H14ClNO3/c1-18-13(17)9-5-6-11(10(14)8-9)15-7-3-2-4-12(15)16/h5-6,8H,2-4,7H2,1H3. The first-order chi connectivity index (χ1) is 8.63. The Kier molecular flexibility index (Phi) is 3.87. The molecule has 1 heterocycles. The Morgan fingerprint density at radius 1 is 1.39 bits per heavy atom. The third kappa shape index (κ3) is 2.48. The van der Waals surface area contributed by atoms with Crippen molar-refractivity contribution in [2.75, 3.05) is 18.6 Å². The molecule has 5 heteroatoms. The third-order valence-electron chi connectivity index (χ3n) is 2.98. The molecule has 0 saturated carbocycles. The average molecular weight is 268 g/mol. The average Bonchev–Trinajstić information content (AvgIpc) is 2.39. The Morgan fingerprint density at radius 2 is 2.17 bits per heavy atom. The number of benzene rings is 1. The van der Waals surface area contributed by atoms with Gasteiger partial charge >= 0.3 is 5.97 Å². The molecule has 1 aromatic carbocycles. The molecule has 96 valence electrons. The minimum atomic E-state index is -0.437. The Bertz CT molecular complexity index is 487. The molecule has 1 aromatic rings. The highest BCUT2D eigenvalue weighted by atomic mass is 35.5.